The van der Waals surface area contributed by atoms with Gasteiger partial charge in [-0.3, -0.25) is 4.79 Å². The van der Waals surface area contributed by atoms with Crippen LogP contribution < -0.4 is 14.8 Å². The molecule has 0 aromatic heterocycles. The van der Waals surface area contributed by atoms with Gasteiger partial charge in [-0.2, -0.15) is 0 Å². The van der Waals surface area contributed by atoms with Crippen molar-refractivity contribution in [2.75, 3.05) is 18.5 Å². The lowest BCUT2D eigenvalue weighted by atomic mass is 10.1. The summed E-state index contributed by atoms with van der Waals surface area (Å²) < 4.78 is 32.9. The number of para-hydroxylation sites is 1. The number of rotatable bonds is 8. The summed E-state index contributed by atoms with van der Waals surface area (Å²) in [5.41, 5.74) is 1.29. The Hall–Kier alpha value is -2.09. The van der Waals surface area contributed by atoms with Crippen LogP contribution in [0.25, 0.3) is 0 Å². The summed E-state index contributed by atoms with van der Waals surface area (Å²) in [7, 11) is -3.71. The Balaban J connectivity index is 2.05. The lowest BCUT2D eigenvalue weighted by Crippen LogP contribution is -2.26. The average Bonchev–Trinajstić information content (AvgIpc) is 2.58. The highest BCUT2D eigenvalue weighted by atomic mass is 35.5. The zero-order chi connectivity index (χ0) is 19.2. The Kier molecular flexibility index (Phi) is 7.02. The molecule has 0 atom stereocenters. The second kappa shape index (κ2) is 9.02. The summed E-state index contributed by atoms with van der Waals surface area (Å²) in [6.45, 7) is 4.01. The van der Waals surface area contributed by atoms with E-state index in [1.807, 2.05) is 31.2 Å². The number of carbonyl (C=O) groups is 1. The summed E-state index contributed by atoms with van der Waals surface area (Å²) >= 11 is 6.04. The molecule has 1 amide bonds. The van der Waals surface area contributed by atoms with Crippen molar-refractivity contribution in [3.05, 3.63) is 53.1 Å². The van der Waals surface area contributed by atoms with Gasteiger partial charge in [-0.15, -0.1) is 0 Å². The van der Waals surface area contributed by atoms with E-state index in [4.69, 9.17) is 16.3 Å². The average molecular weight is 397 g/mol. The van der Waals surface area contributed by atoms with Gasteiger partial charge in [0.15, 0.2) is 0 Å². The van der Waals surface area contributed by atoms with E-state index in [0.29, 0.717) is 18.7 Å². The van der Waals surface area contributed by atoms with E-state index < -0.39 is 10.0 Å². The normalized spacial score (nSPS) is 11.2. The number of benzene rings is 2. The van der Waals surface area contributed by atoms with Gasteiger partial charge < -0.3 is 10.1 Å². The molecule has 2 rings (SSSR count). The number of nitrogens with one attached hydrogen (secondary N) is 2. The van der Waals surface area contributed by atoms with Gasteiger partial charge in [-0.05, 0) is 43.2 Å². The van der Waals surface area contributed by atoms with Crippen LogP contribution >= 0.6 is 11.6 Å². The van der Waals surface area contributed by atoms with Crippen LogP contribution in [-0.4, -0.2) is 27.5 Å². The fourth-order valence-corrected chi connectivity index (χ4v) is 3.71. The zero-order valence-electron chi connectivity index (χ0n) is 14.6. The van der Waals surface area contributed by atoms with E-state index in [9.17, 15) is 13.2 Å². The lowest BCUT2D eigenvalue weighted by molar-refractivity contribution is -0.114. The SMILES string of the molecule is CCOc1ccccc1CCNS(=O)(=O)c1ccc(NC(C)=O)c(Cl)c1. The standard InChI is InChI=1S/C18H21ClN2O4S/c1-3-25-18-7-5-4-6-14(18)10-11-20-26(23,24)15-8-9-17(16(19)12-15)21-13(2)22/h4-9,12,20H,3,10-11H2,1-2H3,(H,21,22). The smallest absolute Gasteiger partial charge is 0.240 e. The first kappa shape index (κ1) is 20.2. The zero-order valence-corrected chi connectivity index (χ0v) is 16.2. The summed E-state index contributed by atoms with van der Waals surface area (Å²) in [6, 6.07) is 11.7. The third-order valence-electron chi connectivity index (χ3n) is 3.52. The van der Waals surface area contributed by atoms with E-state index in [1.165, 1.54) is 25.1 Å². The molecule has 0 saturated carbocycles. The fourth-order valence-electron chi connectivity index (χ4n) is 2.36. The lowest BCUT2D eigenvalue weighted by Gasteiger charge is -2.12. The van der Waals surface area contributed by atoms with Crippen molar-refractivity contribution < 1.29 is 17.9 Å². The highest BCUT2D eigenvalue weighted by Crippen LogP contribution is 2.25. The monoisotopic (exact) mass is 396 g/mol. The number of halogens is 1. The molecule has 0 aliphatic carbocycles. The predicted molar refractivity (Wildman–Crippen MR) is 102 cm³/mol. The van der Waals surface area contributed by atoms with Crippen LogP contribution in [0.5, 0.6) is 5.75 Å². The molecule has 2 aromatic carbocycles. The second-order valence-electron chi connectivity index (χ2n) is 5.51. The van der Waals surface area contributed by atoms with Gasteiger partial charge in [-0.25, -0.2) is 13.1 Å². The van der Waals surface area contributed by atoms with Gasteiger partial charge in [0, 0.05) is 13.5 Å². The molecule has 8 heteroatoms. The first-order valence-corrected chi connectivity index (χ1v) is 9.97. The molecule has 0 aliphatic heterocycles. The molecule has 0 aliphatic rings. The molecule has 2 aromatic rings. The van der Waals surface area contributed by atoms with E-state index >= 15 is 0 Å². The number of ether oxygens (including phenoxy) is 1. The number of carbonyl (C=O) groups excluding carboxylic acids is 1. The topological polar surface area (TPSA) is 84.5 Å². The third kappa shape index (κ3) is 5.45. The minimum Gasteiger partial charge on any atom is -0.494 e. The van der Waals surface area contributed by atoms with Crippen LogP contribution in [0.3, 0.4) is 0 Å². The molecule has 2 N–H and O–H groups in total. The third-order valence-corrected chi connectivity index (χ3v) is 5.29. The molecule has 0 unspecified atom stereocenters. The Bertz CT molecular complexity index is 885. The van der Waals surface area contributed by atoms with Crippen LogP contribution in [0.1, 0.15) is 19.4 Å². The summed E-state index contributed by atoms with van der Waals surface area (Å²) in [5, 5.41) is 2.69. The first-order chi connectivity index (χ1) is 12.3. The molecule has 0 spiro atoms. The quantitative estimate of drug-likeness (QED) is 0.717. The van der Waals surface area contributed by atoms with Crippen molar-refractivity contribution >= 4 is 33.2 Å². The molecular formula is C18H21ClN2O4S. The molecule has 140 valence electrons. The maximum Gasteiger partial charge on any atom is 0.240 e. The number of amides is 1. The van der Waals surface area contributed by atoms with E-state index in [-0.39, 0.29) is 22.4 Å². The van der Waals surface area contributed by atoms with E-state index in [1.54, 1.807) is 0 Å². The number of hydrogen-bond donors (Lipinski definition) is 2. The van der Waals surface area contributed by atoms with Gasteiger partial charge in [0.2, 0.25) is 15.9 Å². The molecular weight excluding hydrogens is 376 g/mol. The maximum absolute atomic E-state index is 12.4. The first-order valence-electron chi connectivity index (χ1n) is 8.11. The van der Waals surface area contributed by atoms with Crippen molar-refractivity contribution in [1.82, 2.24) is 4.72 Å². The molecule has 0 bridgehead atoms. The fraction of sp³-hybridized carbons (Fsp3) is 0.278. The number of anilines is 1. The Morgan fingerprint density at radius 2 is 1.92 bits per heavy atom. The molecule has 6 nitrogen and oxygen atoms in total. The van der Waals surface area contributed by atoms with Crippen LogP contribution in [0.2, 0.25) is 5.02 Å². The molecule has 26 heavy (non-hydrogen) atoms. The minimum absolute atomic E-state index is 0.0368. The second-order valence-corrected chi connectivity index (χ2v) is 7.69. The Labute approximate surface area is 158 Å². The largest absolute Gasteiger partial charge is 0.494 e. The van der Waals surface area contributed by atoms with Crippen molar-refractivity contribution in [1.29, 1.82) is 0 Å². The van der Waals surface area contributed by atoms with Gasteiger partial charge in [-0.1, -0.05) is 29.8 Å². The van der Waals surface area contributed by atoms with Crippen molar-refractivity contribution in [2.45, 2.75) is 25.2 Å². The minimum atomic E-state index is -3.71. The van der Waals surface area contributed by atoms with Crippen LogP contribution in [-0.2, 0) is 21.2 Å². The van der Waals surface area contributed by atoms with E-state index in [2.05, 4.69) is 10.0 Å². The van der Waals surface area contributed by atoms with Crippen molar-refractivity contribution in [2.24, 2.45) is 0 Å². The van der Waals surface area contributed by atoms with Crippen molar-refractivity contribution in [3.63, 3.8) is 0 Å². The van der Waals surface area contributed by atoms with Crippen molar-refractivity contribution in [3.8, 4) is 5.75 Å². The number of sulfonamides is 1. The summed E-state index contributed by atoms with van der Waals surface area (Å²) in [5.74, 6) is 0.463. The highest BCUT2D eigenvalue weighted by molar-refractivity contribution is 7.89. The number of hydrogen-bond acceptors (Lipinski definition) is 4. The highest BCUT2D eigenvalue weighted by Gasteiger charge is 2.16. The summed E-state index contributed by atoms with van der Waals surface area (Å²) in [4.78, 5) is 11.1. The van der Waals surface area contributed by atoms with E-state index in [0.717, 1.165) is 11.3 Å². The predicted octanol–water partition coefficient (Wildman–Crippen LogP) is 3.22. The van der Waals surface area contributed by atoms with Crippen LogP contribution in [0.4, 0.5) is 5.69 Å². The van der Waals surface area contributed by atoms with Crippen LogP contribution in [0.15, 0.2) is 47.4 Å². The Morgan fingerprint density at radius 1 is 1.19 bits per heavy atom. The Morgan fingerprint density at radius 3 is 2.58 bits per heavy atom. The van der Waals surface area contributed by atoms with Gasteiger partial charge in [0.05, 0.1) is 22.2 Å². The molecule has 0 heterocycles. The summed E-state index contributed by atoms with van der Waals surface area (Å²) in [6.07, 6.45) is 0.493. The van der Waals surface area contributed by atoms with Gasteiger partial charge >= 0.3 is 0 Å². The maximum atomic E-state index is 12.4. The van der Waals surface area contributed by atoms with Gasteiger partial charge in [0.1, 0.15) is 5.75 Å². The molecule has 0 radical (unpaired) electrons. The van der Waals surface area contributed by atoms with Gasteiger partial charge in [0.25, 0.3) is 0 Å². The molecule has 0 fully saturated rings. The molecule has 0 saturated heterocycles. The van der Waals surface area contributed by atoms with Crippen LogP contribution in [0, 0.1) is 0 Å².